The predicted molar refractivity (Wildman–Crippen MR) is 184 cm³/mol. The third-order valence-corrected chi connectivity index (χ3v) is 15.4. The Morgan fingerprint density at radius 1 is 0.732 bits per heavy atom. The minimum Gasteiger partial charge on any atom is -0.415 e. The lowest BCUT2D eigenvalue weighted by atomic mass is 9.43. The fraction of sp³-hybridized carbons (Fsp3) is 1.00. The quantitative estimate of drug-likeness (QED) is 0.227. The highest BCUT2D eigenvalue weighted by Crippen LogP contribution is 2.69. The van der Waals surface area contributed by atoms with Gasteiger partial charge in [-0.3, -0.25) is 0 Å². The van der Waals surface area contributed by atoms with E-state index in [0.29, 0.717) is 23.0 Å². The first-order chi connectivity index (χ1) is 18.5. The molecule has 10 atom stereocenters. The molecule has 0 amide bonds. The molecule has 0 heterocycles. The predicted octanol–water partition coefficient (Wildman–Crippen LogP) is 10.7. The van der Waals surface area contributed by atoms with Crippen LogP contribution >= 0.6 is 0 Å². The largest absolute Gasteiger partial charge is 0.415 e. The fourth-order valence-corrected chi connectivity index (χ4v) is 15.1. The normalized spacial score (nSPS) is 41.0. The molecule has 4 aliphatic carbocycles. The molecule has 6 heteroatoms. The van der Waals surface area contributed by atoms with Crippen molar-refractivity contribution >= 4 is 25.0 Å². The number of hydrogen-bond donors (Lipinski definition) is 0. The third kappa shape index (κ3) is 7.85. The Kier molecular flexibility index (Phi) is 9.83. The molecule has 4 rings (SSSR count). The average Bonchev–Trinajstić information content (AvgIpc) is 3.12. The van der Waals surface area contributed by atoms with Gasteiger partial charge >= 0.3 is 0 Å². The van der Waals surface area contributed by atoms with Gasteiger partial charge in [0.2, 0.25) is 0 Å². The SMILES string of the molecule is C[C@H](CCC(C)(C)O[Si](C)(C)C)[C@H]1CC[C@H]2[C@@H]3[C@H](O[Si](C)(C)C)C[C@@H]4C[C@H](O[Si](C)(C)C)CC[C@]4(C)[C@H]3CC[C@]12C. The second-order valence-corrected chi connectivity index (χ2v) is 32.7. The summed E-state index contributed by atoms with van der Waals surface area (Å²) in [6, 6.07) is 0. The van der Waals surface area contributed by atoms with Gasteiger partial charge in [0.05, 0.1) is 5.60 Å². The van der Waals surface area contributed by atoms with Crippen LogP contribution < -0.4 is 0 Å². The first-order valence-corrected chi connectivity index (χ1v) is 27.8. The Balaban J connectivity index is 1.54. The van der Waals surface area contributed by atoms with Crippen molar-refractivity contribution in [1.29, 1.82) is 0 Å². The maximum atomic E-state index is 7.26. The standard InChI is InChI=1S/C35H70O3Si3/c1-25(17-20-33(2,3)38-41(12,13)14)28-15-16-29-32-30(19-22-35(28,29)5)34(4)21-18-27(36-39(6,7)8)23-26(34)24-31(32)37-40(9,10)11/h25-32H,15-24H2,1-14H3/t25-,26+,27-,28-,29+,30+,31-,32+,34+,35-/m1/s1. The maximum Gasteiger partial charge on any atom is 0.184 e. The summed E-state index contributed by atoms with van der Waals surface area (Å²) >= 11 is 0. The molecule has 0 aliphatic heterocycles. The monoisotopic (exact) mass is 622 g/mol. The topological polar surface area (TPSA) is 27.7 Å². The zero-order valence-electron chi connectivity index (χ0n) is 29.9. The molecule has 4 saturated carbocycles. The molecule has 0 aromatic rings. The Hall–Kier alpha value is 0.531. The molecule has 0 spiro atoms. The number of hydrogen-bond acceptors (Lipinski definition) is 3. The number of fused-ring (bicyclic) bond motifs is 5. The lowest BCUT2D eigenvalue weighted by Gasteiger charge is -2.64. The highest BCUT2D eigenvalue weighted by atomic mass is 28.4. The van der Waals surface area contributed by atoms with Crippen molar-refractivity contribution in [3.63, 3.8) is 0 Å². The lowest BCUT2D eigenvalue weighted by molar-refractivity contribution is -0.168. The van der Waals surface area contributed by atoms with Crippen LogP contribution in [0.25, 0.3) is 0 Å². The first kappa shape index (κ1) is 34.4. The second-order valence-electron chi connectivity index (χ2n) is 19.3. The molecule has 4 aliphatic rings. The van der Waals surface area contributed by atoms with Crippen molar-refractivity contribution in [2.24, 2.45) is 46.3 Å². The van der Waals surface area contributed by atoms with E-state index in [4.69, 9.17) is 13.3 Å². The molecule has 0 saturated heterocycles. The van der Waals surface area contributed by atoms with Crippen LogP contribution in [0, 0.1) is 46.3 Å². The van der Waals surface area contributed by atoms with Gasteiger partial charge < -0.3 is 13.3 Å². The molecular formula is C35H70O3Si3. The van der Waals surface area contributed by atoms with E-state index in [0.717, 1.165) is 35.5 Å². The summed E-state index contributed by atoms with van der Waals surface area (Å²) in [4.78, 5) is 0. The number of rotatable bonds is 10. The van der Waals surface area contributed by atoms with E-state index in [1.165, 1.54) is 64.2 Å². The van der Waals surface area contributed by atoms with Crippen LogP contribution in [0.1, 0.15) is 98.8 Å². The van der Waals surface area contributed by atoms with Gasteiger partial charge in [0.25, 0.3) is 0 Å². The van der Waals surface area contributed by atoms with E-state index in [2.05, 4.69) is 93.5 Å². The molecule has 240 valence electrons. The minimum atomic E-state index is -1.65. The summed E-state index contributed by atoms with van der Waals surface area (Å²) in [5, 5.41) is 0. The van der Waals surface area contributed by atoms with E-state index in [9.17, 15) is 0 Å². The first-order valence-electron chi connectivity index (χ1n) is 17.6. The molecule has 3 nitrogen and oxygen atoms in total. The lowest BCUT2D eigenvalue weighted by Crippen LogP contribution is -2.60. The smallest absolute Gasteiger partial charge is 0.184 e. The van der Waals surface area contributed by atoms with E-state index in [-0.39, 0.29) is 5.60 Å². The molecule has 0 N–H and O–H groups in total. The van der Waals surface area contributed by atoms with Crippen LogP contribution in [0.2, 0.25) is 58.9 Å². The van der Waals surface area contributed by atoms with Crippen LogP contribution in [0.4, 0.5) is 0 Å². The zero-order chi connectivity index (χ0) is 30.8. The van der Waals surface area contributed by atoms with Gasteiger partial charge in [0, 0.05) is 12.2 Å². The van der Waals surface area contributed by atoms with Gasteiger partial charge in [0.15, 0.2) is 25.0 Å². The Labute approximate surface area is 259 Å². The third-order valence-electron chi connectivity index (χ3n) is 12.2. The van der Waals surface area contributed by atoms with Gasteiger partial charge in [-0.15, -0.1) is 0 Å². The van der Waals surface area contributed by atoms with Crippen molar-refractivity contribution in [2.45, 2.75) is 176 Å². The van der Waals surface area contributed by atoms with Gasteiger partial charge in [-0.2, -0.15) is 0 Å². The summed E-state index contributed by atoms with van der Waals surface area (Å²) in [5.74, 6) is 4.77. The molecule has 0 bridgehead atoms. The average molecular weight is 623 g/mol. The van der Waals surface area contributed by atoms with Crippen LogP contribution in [0.15, 0.2) is 0 Å². The molecule has 41 heavy (non-hydrogen) atoms. The molecule has 0 radical (unpaired) electrons. The fourth-order valence-electron chi connectivity index (χ4n) is 11.0. The zero-order valence-corrected chi connectivity index (χ0v) is 32.9. The van der Waals surface area contributed by atoms with Crippen molar-refractivity contribution < 1.29 is 13.3 Å². The van der Waals surface area contributed by atoms with E-state index in [1.807, 2.05) is 0 Å². The van der Waals surface area contributed by atoms with E-state index >= 15 is 0 Å². The summed E-state index contributed by atoms with van der Waals surface area (Å²) in [6.07, 6.45) is 14.3. The molecule has 4 fully saturated rings. The van der Waals surface area contributed by atoms with Crippen molar-refractivity contribution in [1.82, 2.24) is 0 Å². The van der Waals surface area contributed by atoms with Crippen molar-refractivity contribution in [3.8, 4) is 0 Å². The van der Waals surface area contributed by atoms with Crippen LogP contribution in [-0.2, 0) is 13.3 Å². The van der Waals surface area contributed by atoms with Gasteiger partial charge in [-0.1, -0.05) is 20.8 Å². The van der Waals surface area contributed by atoms with Crippen molar-refractivity contribution in [2.75, 3.05) is 0 Å². The Bertz CT molecular complexity index is 902. The Morgan fingerprint density at radius 2 is 1.32 bits per heavy atom. The Morgan fingerprint density at radius 3 is 1.90 bits per heavy atom. The van der Waals surface area contributed by atoms with Gasteiger partial charge in [0.1, 0.15) is 0 Å². The van der Waals surface area contributed by atoms with E-state index in [1.54, 1.807) is 0 Å². The van der Waals surface area contributed by atoms with Crippen molar-refractivity contribution in [3.05, 3.63) is 0 Å². The summed E-state index contributed by atoms with van der Waals surface area (Å²) in [7, 11) is -4.72. The minimum absolute atomic E-state index is 0.00339. The summed E-state index contributed by atoms with van der Waals surface area (Å²) < 4.78 is 20.6. The molecular weight excluding hydrogens is 553 g/mol. The summed E-state index contributed by atoms with van der Waals surface area (Å²) in [6.45, 7) is 34.1. The highest BCUT2D eigenvalue weighted by Gasteiger charge is 2.63. The van der Waals surface area contributed by atoms with Crippen LogP contribution in [0.5, 0.6) is 0 Å². The van der Waals surface area contributed by atoms with Gasteiger partial charge in [-0.05, 0) is 183 Å². The second kappa shape index (κ2) is 11.7. The molecule has 0 aromatic heterocycles. The maximum absolute atomic E-state index is 7.26. The van der Waals surface area contributed by atoms with Gasteiger partial charge in [-0.25, -0.2) is 0 Å². The van der Waals surface area contributed by atoms with Crippen LogP contribution in [0.3, 0.4) is 0 Å². The van der Waals surface area contributed by atoms with Crippen LogP contribution in [-0.4, -0.2) is 42.8 Å². The molecule has 0 unspecified atom stereocenters. The molecule has 0 aromatic carbocycles. The highest BCUT2D eigenvalue weighted by molar-refractivity contribution is 6.70. The van der Waals surface area contributed by atoms with E-state index < -0.39 is 25.0 Å². The summed E-state index contributed by atoms with van der Waals surface area (Å²) in [5.41, 5.74) is 0.926.